The van der Waals surface area contributed by atoms with Crippen molar-refractivity contribution < 1.29 is 17.9 Å². The van der Waals surface area contributed by atoms with E-state index in [2.05, 4.69) is 5.32 Å². The number of anilines is 1. The van der Waals surface area contributed by atoms with Crippen molar-refractivity contribution in [1.29, 1.82) is 0 Å². The summed E-state index contributed by atoms with van der Waals surface area (Å²) >= 11 is 13.7. The molecule has 10 heteroatoms. The average Bonchev–Trinajstić information content (AvgIpc) is 2.93. The van der Waals surface area contributed by atoms with Crippen LogP contribution in [0.15, 0.2) is 41.3 Å². The van der Waals surface area contributed by atoms with Crippen molar-refractivity contribution in [2.45, 2.75) is 4.90 Å². The molecule has 0 atom stereocenters. The van der Waals surface area contributed by atoms with Crippen LogP contribution >= 0.6 is 34.5 Å². The zero-order chi connectivity index (χ0) is 19.1. The molecule has 3 N–H and O–H groups in total. The van der Waals surface area contributed by atoms with Gasteiger partial charge in [0.05, 0.1) is 21.7 Å². The monoisotopic (exact) mass is 430 g/mol. The number of halogens is 2. The van der Waals surface area contributed by atoms with E-state index in [0.717, 1.165) is 11.3 Å². The van der Waals surface area contributed by atoms with Crippen molar-refractivity contribution in [1.82, 2.24) is 0 Å². The quantitative estimate of drug-likeness (QED) is 0.649. The smallest absolute Gasteiger partial charge is 0.267 e. The molecular weight excluding hydrogens is 419 g/mol. The highest BCUT2D eigenvalue weighted by molar-refractivity contribution is 7.89. The second-order valence-electron chi connectivity index (χ2n) is 5.23. The van der Waals surface area contributed by atoms with E-state index in [1.807, 2.05) is 0 Å². The Labute approximate surface area is 163 Å². The van der Waals surface area contributed by atoms with Crippen LogP contribution in [-0.2, 0) is 10.0 Å². The van der Waals surface area contributed by atoms with Crippen molar-refractivity contribution in [3.05, 3.63) is 51.3 Å². The van der Waals surface area contributed by atoms with Gasteiger partial charge in [0, 0.05) is 11.1 Å². The minimum Gasteiger partial charge on any atom is -0.495 e. The number of nitrogens with one attached hydrogen (secondary N) is 1. The summed E-state index contributed by atoms with van der Waals surface area (Å²) in [4.78, 5) is 12.8. The standard InChI is InChI=1S/C16H12Cl2N2O4S2/c1-24-11-7-6-10-12(17)15(25-14(10)13(11)18)16(21)20-8-2-4-9(5-3-8)26(19,22)23/h2-7H,1H3,(H,20,21)(H2,19,22,23). The molecule has 1 heterocycles. The van der Waals surface area contributed by atoms with Crippen molar-refractivity contribution in [2.24, 2.45) is 5.14 Å². The van der Waals surface area contributed by atoms with E-state index in [0.29, 0.717) is 26.5 Å². The molecule has 3 aromatic rings. The lowest BCUT2D eigenvalue weighted by Crippen LogP contribution is -2.13. The maximum absolute atomic E-state index is 12.5. The molecule has 3 rings (SSSR count). The molecule has 26 heavy (non-hydrogen) atoms. The lowest BCUT2D eigenvalue weighted by molar-refractivity contribution is 0.103. The highest BCUT2D eigenvalue weighted by Gasteiger charge is 2.20. The van der Waals surface area contributed by atoms with Gasteiger partial charge in [0.2, 0.25) is 10.0 Å². The van der Waals surface area contributed by atoms with Gasteiger partial charge in [-0.15, -0.1) is 11.3 Å². The summed E-state index contributed by atoms with van der Waals surface area (Å²) in [7, 11) is -2.29. The summed E-state index contributed by atoms with van der Waals surface area (Å²) in [6, 6.07) is 8.90. The lowest BCUT2D eigenvalue weighted by Gasteiger charge is -2.05. The number of amides is 1. The zero-order valence-corrected chi connectivity index (χ0v) is 16.4. The number of thiophene rings is 1. The van der Waals surface area contributed by atoms with Crippen LogP contribution in [0.3, 0.4) is 0 Å². The third-order valence-corrected chi connectivity index (χ3v) is 6.71. The van der Waals surface area contributed by atoms with E-state index in [4.69, 9.17) is 33.1 Å². The summed E-state index contributed by atoms with van der Waals surface area (Å²) < 4.78 is 28.3. The Kier molecular flexibility index (Phi) is 5.14. The molecule has 2 aromatic carbocycles. The number of benzene rings is 2. The first kappa shape index (κ1) is 18.9. The van der Waals surface area contributed by atoms with Gasteiger partial charge in [-0.25, -0.2) is 13.6 Å². The van der Waals surface area contributed by atoms with Gasteiger partial charge in [-0.05, 0) is 36.4 Å². The first-order valence-corrected chi connectivity index (χ1v) is 10.2. The van der Waals surface area contributed by atoms with Gasteiger partial charge in [-0.1, -0.05) is 23.2 Å². The number of rotatable bonds is 4. The van der Waals surface area contributed by atoms with Gasteiger partial charge in [0.25, 0.3) is 5.91 Å². The van der Waals surface area contributed by atoms with Crippen molar-refractivity contribution in [3.63, 3.8) is 0 Å². The highest BCUT2D eigenvalue weighted by Crippen LogP contribution is 2.43. The molecule has 136 valence electrons. The second kappa shape index (κ2) is 7.05. The predicted molar refractivity (Wildman–Crippen MR) is 104 cm³/mol. The van der Waals surface area contributed by atoms with Gasteiger partial charge in [-0.3, -0.25) is 4.79 Å². The van der Waals surface area contributed by atoms with Crippen molar-refractivity contribution in [2.75, 3.05) is 12.4 Å². The molecule has 0 saturated heterocycles. The van der Waals surface area contributed by atoms with E-state index in [1.165, 1.54) is 31.4 Å². The van der Waals surface area contributed by atoms with E-state index in [1.54, 1.807) is 12.1 Å². The minimum atomic E-state index is -3.79. The Morgan fingerprint density at radius 2 is 1.77 bits per heavy atom. The van der Waals surface area contributed by atoms with Crippen LogP contribution in [0.25, 0.3) is 10.1 Å². The number of primary sulfonamides is 1. The van der Waals surface area contributed by atoms with E-state index >= 15 is 0 Å². The molecule has 0 aliphatic rings. The molecule has 6 nitrogen and oxygen atoms in total. The maximum Gasteiger partial charge on any atom is 0.267 e. The maximum atomic E-state index is 12.5. The summed E-state index contributed by atoms with van der Waals surface area (Å²) in [6.07, 6.45) is 0. The highest BCUT2D eigenvalue weighted by atomic mass is 35.5. The fourth-order valence-electron chi connectivity index (χ4n) is 2.30. The van der Waals surface area contributed by atoms with Gasteiger partial charge < -0.3 is 10.1 Å². The van der Waals surface area contributed by atoms with Crippen molar-refractivity contribution >= 4 is 66.2 Å². The molecule has 0 fully saturated rings. The number of hydrogen-bond donors (Lipinski definition) is 2. The fraction of sp³-hybridized carbons (Fsp3) is 0.0625. The largest absolute Gasteiger partial charge is 0.495 e. The zero-order valence-electron chi connectivity index (χ0n) is 13.2. The Morgan fingerprint density at radius 3 is 2.35 bits per heavy atom. The van der Waals surface area contributed by atoms with Gasteiger partial charge in [0.1, 0.15) is 15.6 Å². The van der Waals surface area contributed by atoms with Crippen LogP contribution in [0.2, 0.25) is 10.0 Å². The Bertz CT molecular complexity index is 1110. The number of sulfonamides is 1. The number of fused-ring (bicyclic) bond motifs is 1. The van der Waals surface area contributed by atoms with Crippen LogP contribution in [-0.4, -0.2) is 21.4 Å². The summed E-state index contributed by atoms with van der Waals surface area (Å²) in [5, 5.41) is 9.03. The number of carbonyl (C=O) groups is 1. The first-order valence-electron chi connectivity index (χ1n) is 7.11. The molecule has 0 aliphatic heterocycles. The Morgan fingerprint density at radius 1 is 1.12 bits per heavy atom. The third kappa shape index (κ3) is 3.51. The molecule has 0 unspecified atom stereocenters. The van der Waals surface area contributed by atoms with Crippen LogP contribution < -0.4 is 15.2 Å². The van der Waals surface area contributed by atoms with Crippen LogP contribution in [0, 0.1) is 0 Å². The number of carbonyl (C=O) groups excluding carboxylic acids is 1. The third-order valence-electron chi connectivity index (χ3n) is 3.57. The first-order chi connectivity index (χ1) is 12.2. The summed E-state index contributed by atoms with van der Waals surface area (Å²) in [6.45, 7) is 0. The topological polar surface area (TPSA) is 98.5 Å². The molecule has 1 aromatic heterocycles. The minimum absolute atomic E-state index is 0.0470. The Balaban J connectivity index is 1.93. The number of ether oxygens (including phenoxy) is 1. The number of hydrogen-bond acceptors (Lipinski definition) is 5. The van der Waals surface area contributed by atoms with E-state index in [9.17, 15) is 13.2 Å². The second-order valence-corrected chi connectivity index (χ2v) is 8.57. The van der Waals surface area contributed by atoms with Crippen LogP contribution in [0.4, 0.5) is 5.69 Å². The average molecular weight is 431 g/mol. The van der Waals surface area contributed by atoms with E-state index < -0.39 is 15.9 Å². The summed E-state index contributed by atoms with van der Waals surface area (Å²) in [5.41, 5.74) is 0.402. The molecule has 0 spiro atoms. The molecule has 0 bridgehead atoms. The van der Waals surface area contributed by atoms with Gasteiger partial charge in [0.15, 0.2) is 0 Å². The lowest BCUT2D eigenvalue weighted by atomic mass is 10.2. The van der Waals surface area contributed by atoms with Crippen molar-refractivity contribution in [3.8, 4) is 5.75 Å². The summed E-state index contributed by atoms with van der Waals surface area (Å²) in [5.74, 6) is 0.0530. The van der Waals surface area contributed by atoms with Crippen LogP contribution in [0.5, 0.6) is 5.75 Å². The molecule has 0 saturated carbocycles. The number of methoxy groups -OCH3 is 1. The molecule has 0 aliphatic carbocycles. The normalized spacial score (nSPS) is 11.5. The molecule has 0 radical (unpaired) electrons. The van der Waals surface area contributed by atoms with E-state index in [-0.39, 0.29) is 14.8 Å². The van der Waals surface area contributed by atoms with Gasteiger partial charge >= 0.3 is 0 Å². The predicted octanol–water partition coefficient (Wildman–Crippen LogP) is 4.12. The number of nitrogens with two attached hydrogens (primary N) is 1. The molecule has 1 amide bonds. The Hall–Kier alpha value is -1.84. The molecular formula is C16H12Cl2N2O4S2. The fourth-order valence-corrected chi connectivity index (χ4v) is 4.61. The van der Waals surface area contributed by atoms with Crippen LogP contribution in [0.1, 0.15) is 9.67 Å². The SMILES string of the molecule is COc1ccc2c(Cl)c(C(=O)Nc3ccc(S(N)(=O)=O)cc3)sc2c1Cl. The van der Waals surface area contributed by atoms with Gasteiger partial charge in [-0.2, -0.15) is 0 Å².